The number of halogens is 1. The van der Waals surface area contributed by atoms with Crippen LogP contribution in [0.5, 0.6) is 0 Å². The van der Waals surface area contributed by atoms with E-state index in [1.165, 1.54) is 0 Å². The molecule has 0 radical (unpaired) electrons. The molecule has 0 aromatic rings. The first kappa shape index (κ1) is 14.3. The minimum atomic E-state index is -0.801. The van der Waals surface area contributed by atoms with Crippen LogP contribution in [-0.2, 0) is 9.53 Å². The molecule has 98 valence electrons. The zero-order chi connectivity index (χ0) is 12.7. The number of rotatable bonds is 4. The Hall–Kier alpha value is -0.770. The molecule has 0 atom stereocenters. The van der Waals surface area contributed by atoms with Gasteiger partial charge in [-0.15, -0.1) is 11.6 Å². The van der Waals surface area contributed by atoms with E-state index < -0.39 is 11.6 Å². The number of hydrogen-bond acceptors (Lipinski definition) is 3. The molecular weight excluding hydrogens is 242 g/mol. The van der Waals surface area contributed by atoms with Crippen molar-refractivity contribution in [2.75, 3.05) is 12.5 Å². The molecule has 1 aliphatic rings. The quantitative estimate of drug-likeness (QED) is 0.625. The summed E-state index contributed by atoms with van der Waals surface area (Å²) in [6.45, 7) is 2.04. The number of alkyl carbamates (subject to hydrolysis) is 1. The minimum absolute atomic E-state index is 0.0631. The fourth-order valence-electron chi connectivity index (χ4n) is 2.30. The van der Waals surface area contributed by atoms with E-state index in [0.29, 0.717) is 19.4 Å². The maximum atomic E-state index is 12.0. The Morgan fingerprint density at radius 3 is 2.29 bits per heavy atom. The maximum absolute atomic E-state index is 12.0. The van der Waals surface area contributed by atoms with Crippen LogP contribution in [0.3, 0.4) is 0 Å². The van der Waals surface area contributed by atoms with Gasteiger partial charge >= 0.3 is 6.09 Å². The van der Waals surface area contributed by atoms with E-state index in [4.69, 9.17) is 16.3 Å². The molecule has 0 bridgehead atoms. The van der Waals surface area contributed by atoms with Crippen LogP contribution >= 0.6 is 11.6 Å². The zero-order valence-corrected chi connectivity index (χ0v) is 11.0. The number of carbonyl (C=O) groups is 2. The van der Waals surface area contributed by atoms with Gasteiger partial charge in [0.05, 0.1) is 12.5 Å². The Bertz CT molecular complexity index is 273. The number of alkyl halides is 1. The van der Waals surface area contributed by atoms with Gasteiger partial charge in [0.1, 0.15) is 5.54 Å². The summed E-state index contributed by atoms with van der Waals surface area (Å²) in [4.78, 5) is 23.5. The first-order valence-corrected chi connectivity index (χ1v) is 6.72. The Labute approximate surface area is 107 Å². The lowest BCUT2D eigenvalue weighted by atomic mass is 9.86. The van der Waals surface area contributed by atoms with Gasteiger partial charge in [0.15, 0.2) is 5.78 Å². The summed E-state index contributed by atoms with van der Waals surface area (Å²) in [6.07, 6.45) is 4.88. The van der Waals surface area contributed by atoms with Crippen molar-refractivity contribution in [1.29, 1.82) is 0 Å². The summed E-state index contributed by atoms with van der Waals surface area (Å²) in [5.41, 5.74) is -0.801. The van der Waals surface area contributed by atoms with E-state index in [9.17, 15) is 9.59 Å². The van der Waals surface area contributed by atoms with Crippen LogP contribution in [0.25, 0.3) is 0 Å². The summed E-state index contributed by atoms with van der Waals surface area (Å²) in [7, 11) is 0. The number of ketones is 1. The highest BCUT2D eigenvalue weighted by atomic mass is 35.5. The van der Waals surface area contributed by atoms with E-state index in [-0.39, 0.29) is 11.7 Å². The summed E-state index contributed by atoms with van der Waals surface area (Å²) in [6, 6.07) is 0. The van der Waals surface area contributed by atoms with Crippen LogP contribution in [0, 0.1) is 0 Å². The number of carbonyl (C=O) groups excluding carboxylic acids is 2. The third kappa shape index (κ3) is 3.87. The molecule has 1 aliphatic carbocycles. The van der Waals surface area contributed by atoms with Crippen molar-refractivity contribution < 1.29 is 14.3 Å². The average molecular weight is 262 g/mol. The predicted molar refractivity (Wildman–Crippen MR) is 66.3 cm³/mol. The second-order valence-electron chi connectivity index (χ2n) is 4.40. The van der Waals surface area contributed by atoms with Crippen molar-refractivity contribution in [3.05, 3.63) is 0 Å². The molecule has 4 nitrogen and oxygen atoms in total. The van der Waals surface area contributed by atoms with Crippen molar-refractivity contribution in [2.24, 2.45) is 0 Å². The molecule has 0 aromatic heterocycles. The van der Waals surface area contributed by atoms with Crippen molar-refractivity contribution in [3.63, 3.8) is 0 Å². The van der Waals surface area contributed by atoms with Gasteiger partial charge in [-0.05, 0) is 19.8 Å². The third-order valence-corrected chi connectivity index (χ3v) is 3.47. The Morgan fingerprint density at radius 2 is 1.82 bits per heavy atom. The van der Waals surface area contributed by atoms with Gasteiger partial charge < -0.3 is 10.1 Å². The smallest absolute Gasteiger partial charge is 0.407 e. The largest absolute Gasteiger partial charge is 0.450 e. The summed E-state index contributed by atoms with van der Waals surface area (Å²) >= 11 is 5.65. The molecule has 0 unspecified atom stereocenters. The topological polar surface area (TPSA) is 55.4 Å². The van der Waals surface area contributed by atoms with Crippen molar-refractivity contribution in [2.45, 2.75) is 51.0 Å². The molecule has 1 amide bonds. The Kier molecular flexibility index (Phi) is 5.75. The average Bonchev–Trinajstić information content (AvgIpc) is 2.55. The molecule has 0 aromatic carbocycles. The first-order valence-electron chi connectivity index (χ1n) is 6.19. The Balaban J connectivity index is 2.76. The lowest BCUT2D eigenvalue weighted by molar-refractivity contribution is -0.123. The number of ether oxygens (including phenoxy) is 1. The van der Waals surface area contributed by atoms with Crippen molar-refractivity contribution in [3.8, 4) is 0 Å². The van der Waals surface area contributed by atoms with Gasteiger partial charge in [0, 0.05) is 0 Å². The number of hydrogen-bond donors (Lipinski definition) is 1. The maximum Gasteiger partial charge on any atom is 0.407 e. The zero-order valence-electron chi connectivity index (χ0n) is 10.3. The van der Waals surface area contributed by atoms with Crippen LogP contribution in [0.2, 0.25) is 0 Å². The van der Waals surface area contributed by atoms with Crippen LogP contribution < -0.4 is 5.32 Å². The van der Waals surface area contributed by atoms with E-state index in [1.807, 2.05) is 0 Å². The highest BCUT2D eigenvalue weighted by molar-refractivity contribution is 6.29. The van der Waals surface area contributed by atoms with Crippen LogP contribution in [0.15, 0.2) is 0 Å². The predicted octanol–water partition coefficient (Wildman–Crippen LogP) is 2.63. The second kappa shape index (κ2) is 6.84. The van der Waals surface area contributed by atoms with Gasteiger partial charge in [-0.2, -0.15) is 0 Å². The highest BCUT2D eigenvalue weighted by Gasteiger charge is 2.39. The van der Waals surface area contributed by atoms with Crippen molar-refractivity contribution in [1.82, 2.24) is 5.32 Å². The van der Waals surface area contributed by atoms with Crippen LogP contribution in [0.1, 0.15) is 45.4 Å². The molecule has 1 fully saturated rings. The third-order valence-electron chi connectivity index (χ3n) is 3.23. The van der Waals surface area contributed by atoms with Gasteiger partial charge in [0.2, 0.25) is 0 Å². The van der Waals surface area contributed by atoms with Crippen molar-refractivity contribution >= 4 is 23.5 Å². The normalized spacial score (nSPS) is 19.2. The van der Waals surface area contributed by atoms with E-state index in [2.05, 4.69) is 5.32 Å². The van der Waals surface area contributed by atoms with E-state index >= 15 is 0 Å². The molecule has 5 heteroatoms. The summed E-state index contributed by atoms with van der Waals surface area (Å²) < 4.78 is 4.86. The highest BCUT2D eigenvalue weighted by Crippen LogP contribution is 2.28. The number of amides is 1. The molecule has 0 heterocycles. The molecule has 0 saturated heterocycles. The number of nitrogens with one attached hydrogen (secondary N) is 1. The molecule has 0 aliphatic heterocycles. The second-order valence-corrected chi connectivity index (χ2v) is 4.67. The van der Waals surface area contributed by atoms with E-state index in [1.54, 1.807) is 6.92 Å². The summed E-state index contributed by atoms with van der Waals surface area (Å²) in [5, 5.41) is 2.73. The van der Waals surface area contributed by atoms with Gasteiger partial charge in [0.25, 0.3) is 0 Å². The Morgan fingerprint density at radius 1 is 1.24 bits per heavy atom. The minimum Gasteiger partial charge on any atom is -0.450 e. The molecular formula is C12H20ClNO3. The summed E-state index contributed by atoms with van der Waals surface area (Å²) in [5.74, 6) is -0.166. The van der Waals surface area contributed by atoms with Gasteiger partial charge in [-0.1, -0.05) is 25.7 Å². The van der Waals surface area contributed by atoms with Crippen LogP contribution in [0.4, 0.5) is 4.79 Å². The lowest BCUT2D eigenvalue weighted by Crippen LogP contribution is -2.55. The first-order chi connectivity index (χ1) is 8.14. The standard InChI is InChI=1S/C12H20ClNO3/c1-2-17-11(16)14-12(10(15)9-13)7-5-3-4-6-8-12/h2-9H2,1H3,(H,14,16). The molecule has 17 heavy (non-hydrogen) atoms. The number of Topliss-reactive ketones (excluding diaryl/α,β-unsaturated/α-hetero) is 1. The fourth-order valence-corrected chi connectivity index (χ4v) is 2.55. The molecule has 1 N–H and O–H groups in total. The molecule has 1 rings (SSSR count). The SMILES string of the molecule is CCOC(=O)NC1(C(=O)CCl)CCCCCC1. The van der Waals surface area contributed by atoms with Gasteiger partial charge in [-0.3, -0.25) is 4.79 Å². The van der Waals surface area contributed by atoms with E-state index in [0.717, 1.165) is 25.7 Å². The molecule has 0 spiro atoms. The van der Waals surface area contributed by atoms with Gasteiger partial charge in [-0.25, -0.2) is 4.79 Å². The fraction of sp³-hybridized carbons (Fsp3) is 0.833. The lowest BCUT2D eigenvalue weighted by Gasteiger charge is -2.31. The monoisotopic (exact) mass is 261 g/mol. The molecule has 1 saturated carbocycles. The van der Waals surface area contributed by atoms with Crippen LogP contribution in [-0.4, -0.2) is 29.9 Å².